The van der Waals surface area contributed by atoms with Crippen LogP contribution in [-0.2, 0) is 10.0 Å². The molecule has 0 spiro atoms. The lowest BCUT2D eigenvalue weighted by atomic mass is 10.1. The van der Waals surface area contributed by atoms with Gasteiger partial charge in [-0.3, -0.25) is 4.79 Å². The Hall–Kier alpha value is -0.910. The van der Waals surface area contributed by atoms with Crippen molar-refractivity contribution >= 4 is 27.4 Å². The lowest BCUT2D eigenvalue weighted by Gasteiger charge is -2.16. The van der Waals surface area contributed by atoms with E-state index in [1.54, 1.807) is 7.05 Å². The molecule has 0 aliphatic rings. The number of carbonyl (C=O) groups excluding carboxylic acids is 1. The number of hydrogen-bond acceptors (Lipinski definition) is 3. The highest BCUT2D eigenvalue weighted by Crippen LogP contribution is 2.16. The molecular formula is C13H18ClNO3S. The number of halogens is 1. The van der Waals surface area contributed by atoms with Crippen LogP contribution in [-0.4, -0.2) is 38.0 Å². The van der Waals surface area contributed by atoms with Gasteiger partial charge in [-0.2, -0.15) is 0 Å². The summed E-state index contributed by atoms with van der Waals surface area (Å²) in [4.78, 5) is 11.5. The number of benzene rings is 1. The second-order valence-electron chi connectivity index (χ2n) is 4.26. The predicted octanol–water partition coefficient (Wildman–Crippen LogP) is 2.53. The van der Waals surface area contributed by atoms with E-state index >= 15 is 0 Å². The monoisotopic (exact) mass is 303 g/mol. The molecule has 0 N–H and O–H groups in total. The maximum absolute atomic E-state index is 12.2. The SMILES string of the molecule is CCCCN(C)S(=O)(=O)c1ccc(C(=O)CCl)cc1. The number of rotatable bonds is 7. The Kier molecular flexibility index (Phi) is 5.97. The van der Waals surface area contributed by atoms with E-state index in [1.165, 1.54) is 28.6 Å². The average molecular weight is 304 g/mol. The lowest BCUT2D eigenvalue weighted by Crippen LogP contribution is -2.27. The highest BCUT2D eigenvalue weighted by Gasteiger charge is 2.20. The first-order chi connectivity index (χ1) is 8.93. The molecule has 0 fully saturated rings. The first kappa shape index (κ1) is 16.1. The molecule has 0 radical (unpaired) electrons. The number of hydrogen-bond donors (Lipinski definition) is 0. The molecule has 4 nitrogen and oxygen atoms in total. The van der Waals surface area contributed by atoms with E-state index in [-0.39, 0.29) is 16.6 Å². The third-order valence-corrected chi connectivity index (χ3v) is 4.95. The second-order valence-corrected chi connectivity index (χ2v) is 6.57. The zero-order chi connectivity index (χ0) is 14.5. The van der Waals surface area contributed by atoms with Crippen molar-refractivity contribution in [2.24, 2.45) is 0 Å². The summed E-state index contributed by atoms with van der Waals surface area (Å²) in [5, 5.41) is 0. The Morgan fingerprint density at radius 3 is 2.32 bits per heavy atom. The Balaban J connectivity index is 2.93. The van der Waals surface area contributed by atoms with Gasteiger partial charge in [0.05, 0.1) is 10.8 Å². The Morgan fingerprint density at radius 1 is 1.26 bits per heavy atom. The van der Waals surface area contributed by atoms with Crippen molar-refractivity contribution in [1.29, 1.82) is 0 Å². The predicted molar refractivity (Wildman–Crippen MR) is 76.2 cm³/mol. The Labute approximate surface area is 119 Å². The van der Waals surface area contributed by atoms with Crippen LogP contribution < -0.4 is 0 Å². The number of sulfonamides is 1. The number of alkyl halides is 1. The third kappa shape index (κ3) is 4.03. The Bertz CT molecular complexity index is 525. The molecule has 0 bridgehead atoms. The van der Waals surface area contributed by atoms with Gasteiger partial charge in [-0.1, -0.05) is 25.5 Å². The van der Waals surface area contributed by atoms with Gasteiger partial charge in [0.1, 0.15) is 0 Å². The molecule has 0 saturated carbocycles. The highest BCUT2D eigenvalue weighted by atomic mass is 35.5. The fraction of sp³-hybridized carbons (Fsp3) is 0.462. The molecule has 0 amide bonds. The molecule has 6 heteroatoms. The molecule has 0 aromatic heterocycles. The fourth-order valence-corrected chi connectivity index (χ4v) is 2.93. The van der Waals surface area contributed by atoms with E-state index < -0.39 is 10.0 Å². The van der Waals surface area contributed by atoms with Crippen LogP contribution in [0.5, 0.6) is 0 Å². The van der Waals surface area contributed by atoms with Crippen molar-refractivity contribution in [3.05, 3.63) is 29.8 Å². The minimum atomic E-state index is -3.47. The molecule has 19 heavy (non-hydrogen) atoms. The van der Waals surface area contributed by atoms with E-state index in [2.05, 4.69) is 0 Å². The van der Waals surface area contributed by atoms with Gasteiger partial charge in [-0.05, 0) is 18.6 Å². The van der Waals surface area contributed by atoms with Crippen molar-refractivity contribution in [2.75, 3.05) is 19.5 Å². The van der Waals surface area contributed by atoms with E-state index in [1.807, 2.05) is 6.92 Å². The van der Waals surface area contributed by atoms with Gasteiger partial charge >= 0.3 is 0 Å². The van der Waals surface area contributed by atoms with E-state index in [4.69, 9.17) is 11.6 Å². The molecule has 0 heterocycles. The van der Waals surface area contributed by atoms with Gasteiger partial charge in [-0.25, -0.2) is 12.7 Å². The molecule has 0 aliphatic carbocycles. The molecule has 1 aromatic rings. The fourth-order valence-electron chi connectivity index (χ4n) is 1.57. The minimum Gasteiger partial charge on any atom is -0.293 e. The Morgan fingerprint density at radius 2 is 1.84 bits per heavy atom. The summed E-state index contributed by atoms with van der Waals surface area (Å²) >= 11 is 5.45. The number of ketones is 1. The molecule has 1 aromatic carbocycles. The summed E-state index contributed by atoms with van der Waals surface area (Å²) < 4.78 is 25.7. The summed E-state index contributed by atoms with van der Waals surface area (Å²) in [6, 6.07) is 5.87. The minimum absolute atomic E-state index is 0.109. The van der Waals surface area contributed by atoms with Crippen molar-refractivity contribution < 1.29 is 13.2 Å². The third-order valence-electron chi connectivity index (χ3n) is 2.83. The van der Waals surface area contributed by atoms with Crippen LogP contribution in [0.3, 0.4) is 0 Å². The zero-order valence-electron chi connectivity index (χ0n) is 11.1. The van der Waals surface area contributed by atoms with E-state index in [9.17, 15) is 13.2 Å². The lowest BCUT2D eigenvalue weighted by molar-refractivity contribution is 0.102. The van der Waals surface area contributed by atoms with Gasteiger partial charge in [0.25, 0.3) is 0 Å². The van der Waals surface area contributed by atoms with Gasteiger partial charge in [0, 0.05) is 19.2 Å². The van der Waals surface area contributed by atoms with E-state index in [0.717, 1.165) is 12.8 Å². The average Bonchev–Trinajstić information content (AvgIpc) is 2.43. The maximum atomic E-state index is 12.2. The van der Waals surface area contributed by atoms with Crippen LogP contribution in [0.2, 0.25) is 0 Å². The van der Waals surface area contributed by atoms with Crippen molar-refractivity contribution in [2.45, 2.75) is 24.7 Å². The highest BCUT2D eigenvalue weighted by molar-refractivity contribution is 7.89. The number of nitrogens with zero attached hydrogens (tertiary/aromatic N) is 1. The normalized spacial score (nSPS) is 11.8. The number of carbonyl (C=O) groups is 1. The van der Waals surface area contributed by atoms with Crippen molar-refractivity contribution in [3.8, 4) is 0 Å². The van der Waals surface area contributed by atoms with Crippen LogP contribution in [0.4, 0.5) is 0 Å². The van der Waals surface area contributed by atoms with Crippen LogP contribution in [0.1, 0.15) is 30.1 Å². The van der Waals surface area contributed by atoms with Gasteiger partial charge < -0.3 is 0 Å². The second kappa shape index (κ2) is 7.03. The zero-order valence-corrected chi connectivity index (χ0v) is 12.7. The molecule has 0 saturated heterocycles. The smallest absolute Gasteiger partial charge is 0.242 e. The molecule has 106 valence electrons. The standard InChI is InChI=1S/C13H18ClNO3S/c1-3-4-9-15(2)19(17,18)12-7-5-11(6-8-12)13(16)10-14/h5-8H,3-4,9-10H2,1-2H3. The van der Waals surface area contributed by atoms with Crippen molar-refractivity contribution in [3.63, 3.8) is 0 Å². The summed E-state index contributed by atoms with van der Waals surface area (Å²) in [6.45, 7) is 2.49. The first-order valence-corrected chi connectivity index (χ1v) is 8.06. The first-order valence-electron chi connectivity index (χ1n) is 6.09. The van der Waals surface area contributed by atoms with Crippen LogP contribution in [0.15, 0.2) is 29.2 Å². The van der Waals surface area contributed by atoms with Crippen LogP contribution in [0.25, 0.3) is 0 Å². The van der Waals surface area contributed by atoms with Gasteiger partial charge in [-0.15, -0.1) is 11.6 Å². The summed E-state index contributed by atoms with van der Waals surface area (Å²) in [6.07, 6.45) is 1.75. The summed E-state index contributed by atoms with van der Waals surface area (Å²) in [5.74, 6) is -0.326. The number of unbranched alkanes of at least 4 members (excludes halogenated alkanes) is 1. The summed E-state index contributed by atoms with van der Waals surface area (Å²) in [5.41, 5.74) is 0.421. The molecule has 1 rings (SSSR count). The van der Waals surface area contributed by atoms with Gasteiger partial charge in [0.15, 0.2) is 5.78 Å². The van der Waals surface area contributed by atoms with Gasteiger partial charge in [0.2, 0.25) is 10.0 Å². The summed E-state index contributed by atoms with van der Waals surface area (Å²) in [7, 11) is -1.91. The number of Topliss-reactive ketones (excluding diaryl/α,β-unsaturated/α-hetero) is 1. The molecule has 0 unspecified atom stereocenters. The topological polar surface area (TPSA) is 54.5 Å². The molecule has 0 atom stereocenters. The molecular weight excluding hydrogens is 286 g/mol. The van der Waals surface area contributed by atoms with Crippen molar-refractivity contribution in [1.82, 2.24) is 4.31 Å². The largest absolute Gasteiger partial charge is 0.293 e. The van der Waals surface area contributed by atoms with Crippen LogP contribution >= 0.6 is 11.6 Å². The maximum Gasteiger partial charge on any atom is 0.242 e. The van der Waals surface area contributed by atoms with Crippen LogP contribution in [0, 0.1) is 0 Å². The molecule has 0 aliphatic heterocycles. The quantitative estimate of drug-likeness (QED) is 0.574. The van der Waals surface area contributed by atoms with E-state index in [0.29, 0.717) is 12.1 Å².